The molecule has 2 aliphatic carbocycles. The van der Waals surface area contributed by atoms with Gasteiger partial charge in [-0.15, -0.1) is 0 Å². The van der Waals surface area contributed by atoms with E-state index in [-0.39, 0.29) is 10.8 Å². The van der Waals surface area contributed by atoms with Crippen molar-refractivity contribution in [3.63, 3.8) is 0 Å². The van der Waals surface area contributed by atoms with E-state index < -0.39 is 0 Å². The highest BCUT2D eigenvalue weighted by Gasteiger charge is 2.64. The minimum absolute atomic E-state index is 0.0613. The average molecular weight is 208 g/mol. The first-order chi connectivity index (χ1) is 6.89. The van der Waals surface area contributed by atoms with Crippen molar-refractivity contribution in [2.75, 3.05) is 0 Å². The molecule has 2 rings (SSSR count). The Kier molecular flexibility index (Phi) is 3.04. The molecule has 2 aliphatic rings. The van der Waals surface area contributed by atoms with Crippen LogP contribution in [0.5, 0.6) is 0 Å². The number of hydrogen-bond acceptors (Lipinski definition) is 1. The van der Waals surface area contributed by atoms with E-state index in [4.69, 9.17) is 0 Å². The summed E-state index contributed by atoms with van der Waals surface area (Å²) in [5.74, 6) is 1.19. The first-order valence-corrected chi connectivity index (χ1v) is 5.97. The summed E-state index contributed by atoms with van der Waals surface area (Å²) in [7, 11) is 0. The third-order valence-corrected chi connectivity index (χ3v) is 3.81. The lowest BCUT2D eigenvalue weighted by molar-refractivity contribution is 0.165. The van der Waals surface area contributed by atoms with Gasteiger partial charge in [-0.25, -0.2) is 0 Å². The van der Waals surface area contributed by atoms with E-state index in [2.05, 4.69) is 33.8 Å². The van der Waals surface area contributed by atoms with Gasteiger partial charge in [-0.3, -0.25) is 0 Å². The third-order valence-electron chi connectivity index (χ3n) is 3.81. The first kappa shape index (κ1) is 12.4. The molecule has 0 aromatic carbocycles. The summed E-state index contributed by atoms with van der Waals surface area (Å²) in [5.41, 5.74) is 1.66. The first-order valence-electron chi connectivity index (χ1n) is 5.97. The fourth-order valence-corrected chi connectivity index (χ4v) is 2.78. The summed E-state index contributed by atoms with van der Waals surface area (Å²) in [5, 5.41) is 9.94. The van der Waals surface area contributed by atoms with Crippen molar-refractivity contribution >= 4 is 0 Å². The van der Waals surface area contributed by atoms with E-state index in [9.17, 15) is 5.11 Å². The lowest BCUT2D eigenvalue weighted by atomic mass is 9.72. The summed E-state index contributed by atoms with van der Waals surface area (Å²) >= 11 is 0. The highest BCUT2D eigenvalue weighted by Crippen LogP contribution is 2.70. The SMILES string of the molecule is CC.CC1=CC=C(O)C2(C(C)(C)C)CC12. The maximum atomic E-state index is 9.94. The smallest absolute Gasteiger partial charge is 0.0995 e. The van der Waals surface area contributed by atoms with E-state index in [1.54, 1.807) is 0 Å². The van der Waals surface area contributed by atoms with Gasteiger partial charge in [0.2, 0.25) is 0 Å². The molecule has 0 spiro atoms. The van der Waals surface area contributed by atoms with Crippen molar-refractivity contribution in [3.05, 3.63) is 23.5 Å². The Morgan fingerprint density at radius 2 is 1.80 bits per heavy atom. The zero-order valence-electron chi connectivity index (χ0n) is 10.9. The van der Waals surface area contributed by atoms with Crippen LogP contribution >= 0.6 is 0 Å². The molecule has 0 radical (unpaired) electrons. The summed E-state index contributed by atoms with van der Waals surface area (Å²) < 4.78 is 0. The molecule has 0 aromatic rings. The Morgan fingerprint density at radius 1 is 1.27 bits per heavy atom. The van der Waals surface area contributed by atoms with Crippen LogP contribution in [0.2, 0.25) is 0 Å². The van der Waals surface area contributed by atoms with Gasteiger partial charge >= 0.3 is 0 Å². The lowest BCUT2D eigenvalue weighted by Gasteiger charge is -2.33. The van der Waals surface area contributed by atoms with E-state index in [0.717, 1.165) is 6.42 Å². The molecular weight excluding hydrogens is 184 g/mol. The normalized spacial score (nSPS) is 33.1. The Morgan fingerprint density at radius 3 is 2.20 bits per heavy atom. The lowest BCUT2D eigenvalue weighted by Crippen LogP contribution is -2.27. The molecule has 0 amide bonds. The van der Waals surface area contributed by atoms with Crippen LogP contribution in [0, 0.1) is 16.7 Å². The topological polar surface area (TPSA) is 20.2 Å². The number of fused-ring (bicyclic) bond motifs is 1. The van der Waals surface area contributed by atoms with Crippen molar-refractivity contribution in [2.45, 2.75) is 48.0 Å². The number of aliphatic hydroxyl groups is 1. The fraction of sp³-hybridized carbons (Fsp3) is 0.714. The maximum Gasteiger partial charge on any atom is 0.0995 e. The molecule has 0 aliphatic heterocycles. The zero-order chi connectivity index (χ0) is 11.9. The second-order valence-corrected chi connectivity index (χ2v) is 5.44. The number of aliphatic hydroxyl groups excluding tert-OH is 1. The van der Waals surface area contributed by atoms with Gasteiger partial charge in [0, 0.05) is 5.41 Å². The summed E-state index contributed by atoms with van der Waals surface area (Å²) in [4.78, 5) is 0. The van der Waals surface area contributed by atoms with Crippen LogP contribution in [-0.4, -0.2) is 5.11 Å². The van der Waals surface area contributed by atoms with Crippen LogP contribution in [0.15, 0.2) is 23.5 Å². The van der Waals surface area contributed by atoms with E-state index in [1.165, 1.54) is 5.57 Å². The number of rotatable bonds is 0. The molecule has 15 heavy (non-hydrogen) atoms. The highest BCUT2D eigenvalue weighted by molar-refractivity contribution is 5.39. The third kappa shape index (κ3) is 1.62. The predicted molar refractivity (Wildman–Crippen MR) is 65.8 cm³/mol. The average Bonchev–Trinajstić information content (AvgIpc) is 2.91. The second-order valence-electron chi connectivity index (χ2n) is 5.44. The predicted octanol–water partition coefficient (Wildman–Crippen LogP) is 4.47. The molecule has 2 atom stereocenters. The van der Waals surface area contributed by atoms with Crippen molar-refractivity contribution < 1.29 is 5.11 Å². The number of allylic oxidation sites excluding steroid dienone is 4. The zero-order valence-corrected chi connectivity index (χ0v) is 10.9. The summed E-state index contributed by atoms with van der Waals surface area (Å²) in [6.45, 7) is 12.8. The minimum Gasteiger partial charge on any atom is -0.512 e. The van der Waals surface area contributed by atoms with Crippen LogP contribution in [0.3, 0.4) is 0 Å². The van der Waals surface area contributed by atoms with Crippen LogP contribution in [0.1, 0.15) is 48.0 Å². The quantitative estimate of drug-likeness (QED) is 0.623. The maximum absolute atomic E-state index is 9.94. The molecule has 1 N–H and O–H groups in total. The van der Waals surface area contributed by atoms with Gasteiger partial charge in [0.25, 0.3) is 0 Å². The summed E-state index contributed by atoms with van der Waals surface area (Å²) in [6.07, 6.45) is 5.06. The van der Waals surface area contributed by atoms with Crippen molar-refractivity contribution in [2.24, 2.45) is 16.7 Å². The molecule has 0 saturated heterocycles. The standard InChI is InChI=1S/C12H18O.C2H6/c1-8-5-6-10(13)12(7-9(8)12)11(2,3)4;1-2/h5-6,9,13H,7H2,1-4H3;1-2H3. The molecule has 1 fully saturated rings. The molecule has 0 heterocycles. The van der Waals surface area contributed by atoms with E-state index >= 15 is 0 Å². The van der Waals surface area contributed by atoms with Crippen LogP contribution in [0.25, 0.3) is 0 Å². The Bertz CT molecular complexity index is 304. The Hall–Kier alpha value is -0.720. The van der Waals surface area contributed by atoms with Crippen molar-refractivity contribution in [1.82, 2.24) is 0 Å². The highest BCUT2D eigenvalue weighted by atomic mass is 16.3. The van der Waals surface area contributed by atoms with Gasteiger partial charge in [-0.05, 0) is 30.8 Å². The molecule has 0 aromatic heterocycles. The number of hydrogen-bond donors (Lipinski definition) is 1. The molecule has 86 valence electrons. The van der Waals surface area contributed by atoms with E-state index in [0.29, 0.717) is 11.7 Å². The van der Waals surface area contributed by atoms with E-state index in [1.807, 2.05) is 19.9 Å². The van der Waals surface area contributed by atoms with Gasteiger partial charge in [0.05, 0.1) is 5.76 Å². The van der Waals surface area contributed by atoms with Crippen LogP contribution < -0.4 is 0 Å². The van der Waals surface area contributed by atoms with Crippen molar-refractivity contribution in [3.8, 4) is 0 Å². The molecule has 1 heteroatoms. The minimum atomic E-state index is 0.0613. The molecule has 1 saturated carbocycles. The Balaban J connectivity index is 0.000000531. The monoisotopic (exact) mass is 208 g/mol. The largest absolute Gasteiger partial charge is 0.512 e. The Labute approximate surface area is 93.9 Å². The summed E-state index contributed by atoms with van der Waals surface area (Å²) in [6, 6.07) is 0. The van der Waals surface area contributed by atoms with Gasteiger partial charge < -0.3 is 5.11 Å². The van der Waals surface area contributed by atoms with Gasteiger partial charge in [-0.2, -0.15) is 0 Å². The molecule has 1 nitrogen and oxygen atoms in total. The van der Waals surface area contributed by atoms with Gasteiger partial charge in [0.15, 0.2) is 0 Å². The van der Waals surface area contributed by atoms with Gasteiger partial charge in [0.1, 0.15) is 0 Å². The van der Waals surface area contributed by atoms with Crippen LogP contribution in [-0.2, 0) is 0 Å². The second kappa shape index (κ2) is 3.70. The molecule has 0 bridgehead atoms. The van der Waals surface area contributed by atoms with Crippen molar-refractivity contribution in [1.29, 1.82) is 0 Å². The van der Waals surface area contributed by atoms with Crippen LogP contribution in [0.4, 0.5) is 0 Å². The fourth-order valence-electron chi connectivity index (χ4n) is 2.78. The molecular formula is C14H24O. The molecule has 2 unspecified atom stereocenters. The van der Waals surface area contributed by atoms with Gasteiger partial charge in [-0.1, -0.05) is 46.3 Å².